The molecule has 1 aromatic carbocycles. The van der Waals surface area contributed by atoms with Crippen molar-refractivity contribution in [2.45, 2.75) is 38.8 Å². The fourth-order valence-electron chi connectivity index (χ4n) is 2.50. The van der Waals surface area contributed by atoms with E-state index >= 15 is 0 Å². The number of ether oxygens (including phenoxy) is 1. The van der Waals surface area contributed by atoms with E-state index in [4.69, 9.17) is 4.74 Å². The summed E-state index contributed by atoms with van der Waals surface area (Å²) < 4.78 is 6.21. The first kappa shape index (κ1) is 17.9. The van der Waals surface area contributed by atoms with E-state index < -0.39 is 11.7 Å². The van der Waals surface area contributed by atoms with Gasteiger partial charge in [-0.2, -0.15) is 0 Å². The van der Waals surface area contributed by atoms with Crippen LogP contribution in [0.15, 0.2) is 28.7 Å². The Morgan fingerprint density at radius 2 is 1.96 bits per heavy atom. The number of Topliss-reactive ketones (excluding diaryl/α,β-unsaturated/α-hetero) is 1. The lowest BCUT2D eigenvalue weighted by Gasteiger charge is -2.22. The maximum absolute atomic E-state index is 12.3. The average molecular weight is 383 g/mol. The number of hydrogen-bond donors (Lipinski definition) is 1. The fraction of sp³-hybridized carbons (Fsp3) is 0.529. The lowest BCUT2D eigenvalue weighted by molar-refractivity contribution is 0.0506. The molecule has 1 saturated heterocycles. The number of rotatable bonds is 4. The van der Waals surface area contributed by atoms with Crippen LogP contribution in [-0.2, 0) is 4.74 Å². The van der Waals surface area contributed by atoms with Crippen LogP contribution in [0.2, 0.25) is 0 Å². The molecular formula is C17H23BrN2O3. The highest BCUT2D eigenvalue weighted by atomic mass is 79.9. The van der Waals surface area contributed by atoms with Crippen LogP contribution in [0.1, 0.15) is 37.6 Å². The molecule has 23 heavy (non-hydrogen) atoms. The highest BCUT2D eigenvalue weighted by Crippen LogP contribution is 2.14. The summed E-state index contributed by atoms with van der Waals surface area (Å²) in [5, 5.41) is 2.87. The number of benzene rings is 1. The van der Waals surface area contributed by atoms with E-state index in [1.807, 2.05) is 45.0 Å². The van der Waals surface area contributed by atoms with Crippen LogP contribution < -0.4 is 5.32 Å². The second-order valence-electron chi connectivity index (χ2n) is 6.80. The van der Waals surface area contributed by atoms with Gasteiger partial charge in [-0.15, -0.1) is 0 Å². The quantitative estimate of drug-likeness (QED) is 0.812. The molecule has 1 unspecified atom stereocenters. The molecule has 0 bridgehead atoms. The summed E-state index contributed by atoms with van der Waals surface area (Å²) in [4.78, 5) is 26.1. The Labute approximate surface area is 145 Å². The van der Waals surface area contributed by atoms with E-state index in [-0.39, 0.29) is 11.8 Å². The van der Waals surface area contributed by atoms with Gasteiger partial charge in [-0.05, 0) is 39.3 Å². The van der Waals surface area contributed by atoms with Crippen molar-refractivity contribution in [3.05, 3.63) is 34.3 Å². The van der Waals surface area contributed by atoms with E-state index in [0.29, 0.717) is 18.7 Å². The number of nitrogens with one attached hydrogen (secondary N) is 1. The summed E-state index contributed by atoms with van der Waals surface area (Å²) in [6, 6.07) is 7.40. The van der Waals surface area contributed by atoms with Crippen molar-refractivity contribution in [1.29, 1.82) is 0 Å². The van der Waals surface area contributed by atoms with Crippen LogP contribution in [0.3, 0.4) is 0 Å². The Morgan fingerprint density at radius 1 is 1.30 bits per heavy atom. The van der Waals surface area contributed by atoms with E-state index in [1.54, 1.807) is 0 Å². The monoisotopic (exact) mass is 382 g/mol. The highest BCUT2D eigenvalue weighted by molar-refractivity contribution is 9.10. The lowest BCUT2D eigenvalue weighted by Crippen LogP contribution is -2.41. The first-order chi connectivity index (χ1) is 10.7. The SMILES string of the molecule is CC(C)(C)OC(=O)NC1CCN(CC(=O)c2ccc(Br)cc2)C1. The van der Waals surface area contributed by atoms with Crippen LogP contribution in [0, 0.1) is 0 Å². The number of alkyl carbamates (subject to hydrolysis) is 1. The second kappa shape index (κ2) is 7.45. The summed E-state index contributed by atoms with van der Waals surface area (Å²) >= 11 is 3.36. The van der Waals surface area contributed by atoms with Crippen molar-refractivity contribution >= 4 is 27.8 Å². The Balaban J connectivity index is 1.80. The van der Waals surface area contributed by atoms with Crippen molar-refractivity contribution in [2.75, 3.05) is 19.6 Å². The Kier molecular flexibility index (Phi) is 5.81. The molecular weight excluding hydrogens is 360 g/mol. The molecule has 126 valence electrons. The molecule has 1 N–H and O–H groups in total. The van der Waals surface area contributed by atoms with Gasteiger partial charge in [0, 0.05) is 29.2 Å². The predicted molar refractivity (Wildman–Crippen MR) is 92.7 cm³/mol. The minimum atomic E-state index is -0.500. The summed E-state index contributed by atoms with van der Waals surface area (Å²) in [5.74, 6) is 0.0930. The van der Waals surface area contributed by atoms with Crippen molar-refractivity contribution in [2.24, 2.45) is 0 Å². The van der Waals surface area contributed by atoms with Crippen molar-refractivity contribution in [1.82, 2.24) is 10.2 Å². The van der Waals surface area contributed by atoms with Crippen molar-refractivity contribution in [3.63, 3.8) is 0 Å². The minimum absolute atomic E-state index is 0.0302. The van der Waals surface area contributed by atoms with Crippen molar-refractivity contribution in [3.8, 4) is 0 Å². The number of nitrogens with zero attached hydrogens (tertiary/aromatic N) is 1. The van der Waals surface area contributed by atoms with Gasteiger partial charge in [0.05, 0.1) is 6.54 Å². The van der Waals surface area contributed by atoms with Crippen molar-refractivity contribution < 1.29 is 14.3 Å². The molecule has 5 nitrogen and oxygen atoms in total. The van der Waals surface area contributed by atoms with Gasteiger partial charge in [-0.25, -0.2) is 4.79 Å². The number of halogens is 1. The molecule has 1 aromatic rings. The maximum atomic E-state index is 12.3. The van der Waals surface area contributed by atoms with E-state index in [9.17, 15) is 9.59 Å². The van der Waals surface area contributed by atoms with Gasteiger partial charge in [-0.3, -0.25) is 9.69 Å². The van der Waals surface area contributed by atoms with Gasteiger partial charge in [0.25, 0.3) is 0 Å². The third kappa shape index (κ3) is 5.95. The zero-order valence-corrected chi connectivity index (χ0v) is 15.4. The molecule has 0 aromatic heterocycles. The summed E-state index contributed by atoms with van der Waals surface area (Å²) in [6.07, 6.45) is 0.427. The first-order valence-electron chi connectivity index (χ1n) is 7.73. The Hall–Kier alpha value is -1.40. The lowest BCUT2D eigenvalue weighted by atomic mass is 10.1. The smallest absolute Gasteiger partial charge is 0.407 e. The molecule has 1 aliphatic heterocycles. The van der Waals surface area contributed by atoms with Gasteiger partial charge in [0.2, 0.25) is 0 Å². The maximum Gasteiger partial charge on any atom is 0.407 e. The van der Waals surface area contributed by atoms with E-state index in [2.05, 4.69) is 26.1 Å². The minimum Gasteiger partial charge on any atom is -0.444 e. The molecule has 1 atom stereocenters. The topological polar surface area (TPSA) is 58.6 Å². The van der Waals surface area contributed by atoms with E-state index in [0.717, 1.165) is 17.4 Å². The molecule has 0 radical (unpaired) electrons. The fourth-order valence-corrected chi connectivity index (χ4v) is 2.76. The molecule has 6 heteroatoms. The normalized spacial score (nSPS) is 18.7. The summed E-state index contributed by atoms with van der Waals surface area (Å²) in [6.45, 7) is 7.34. The molecule has 2 rings (SSSR count). The van der Waals surface area contributed by atoms with Crippen LogP contribution in [-0.4, -0.2) is 48.1 Å². The van der Waals surface area contributed by atoms with Gasteiger partial charge in [-0.1, -0.05) is 28.1 Å². The van der Waals surface area contributed by atoms with Crippen LogP contribution >= 0.6 is 15.9 Å². The molecule has 0 saturated carbocycles. The highest BCUT2D eigenvalue weighted by Gasteiger charge is 2.27. The zero-order valence-electron chi connectivity index (χ0n) is 13.8. The Bertz CT molecular complexity index is 566. The number of carbonyl (C=O) groups is 2. The largest absolute Gasteiger partial charge is 0.444 e. The molecule has 0 spiro atoms. The zero-order chi connectivity index (χ0) is 17.0. The second-order valence-corrected chi connectivity index (χ2v) is 7.71. The first-order valence-corrected chi connectivity index (χ1v) is 8.53. The van der Waals surface area contributed by atoms with Gasteiger partial charge >= 0.3 is 6.09 Å². The van der Waals surface area contributed by atoms with Gasteiger partial charge in [0.15, 0.2) is 5.78 Å². The van der Waals surface area contributed by atoms with Crippen LogP contribution in [0.5, 0.6) is 0 Å². The average Bonchev–Trinajstić information content (AvgIpc) is 2.84. The number of carbonyl (C=O) groups excluding carboxylic acids is 2. The summed E-state index contributed by atoms with van der Waals surface area (Å²) in [7, 11) is 0. The number of hydrogen-bond acceptors (Lipinski definition) is 4. The van der Waals surface area contributed by atoms with Crippen LogP contribution in [0.25, 0.3) is 0 Å². The molecule has 1 amide bonds. The van der Waals surface area contributed by atoms with Gasteiger partial charge in [0.1, 0.15) is 5.60 Å². The standard InChI is InChI=1S/C17H23BrN2O3/c1-17(2,3)23-16(22)19-14-8-9-20(10-14)11-15(21)12-4-6-13(18)7-5-12/h4-7,14H,8-11H2,1-3H3,(H,19,22). The number of likely N-dealkylation sites (tertiary alicyclic amines) is 1. The Morgan fingerprint density at radius 3 is 2.57 bits per heavy atom. The summed E-state index contributed by atoms with van der Waals surface area (Å²) in [5.41, 5.74) is 0.205. The molecule has 0 aliphatic carbocycles. The van der Waals surface area contributed by atoms with Crippen LogP contribution in [0.4, 0.5) is 4.79 Å². The molecule has 1 heterocycles. The predicted octanol–water partition coefficient (Wildman–Crippen LogP) is 3.23. The third-order valence-corrected chi connectivity index (χ3v) is 4.06. The third-order valence-electron chi connectivity index (χ3n) is 3.53. The number of ketones is 1. The number of amides is 1. The van der Waals surface area contributed by atoms with E-state index in [1.165, 1.54) is 0 Å². The molecule has 1 aliphatic rings. The van der Waals surface area contributed by atoms with Gasteiger partial charge < -0.3 is 10.1 Å². The molecule has 1 fully saturated rings.